The third-order valence-electron chi connectivity index (χ3n) is 7.15. The highest BCUT2D eigenvalue weighted by Crippen LogP contribution is 2.32. The quantitative estimate of drug-likeness (QED) is 0.593. The number of amides is 1. The number of aromatic nitrogens is 1. The normalized spacial score (nSPS) is 24.7. The third kappa shape index (κ3) is 6.32. The summed E-state index contributed by atoms with van der Waals surface area (Å²) in [4.78, 5) is 24.5. The van der Waals surface area contributed by atoms with Crippen LogP contribution < -0.4 is 10.1 Å². The van der Waals surface area contributed by atoms with Gasteiger partial charge in [-0.1, -0.05) is 6.07 Å². The van der Waals surface area contributed by atoms with Crippen LogP contribution in [0.3, 0.4) is 0 Å². The zero-order valence-electron chi connectivity index (χ0n) is 21.6. The summed E-state index contributed by atoms with van der Waals surface area (Å²) in [5, 5.41) is 2.96. The zero-order chi connectivity index (χ0) is 27.5. The van der Waals surface area contributed by atoms with Gasteiger partial charge in [0.05, 0.1) is 38.0 Å². The van der Waals surface area contributed by atoms with Crippen LogP contribution in [0.4, 0.5) is 13.2 Å². The lowest BCUT2D eigenvalue weighted by molar-refractivity contribution is -0.137. The van der Waals surface area contributed by atoms with Crippen molar-refractivity contribution < 1.29 is 32.2 Å². The van der Waals surface area contributed by atoms with Crippen LogP contribution >= 0.6 is 0 Å². The molecule has 8 nitrogen and oxygen atoms in total. The van der Waals surface area contributed by atoms with Crippen molar-refractivity contribution in [2.45, 2.75) is 43.8 Å². The summed E-state index contributed by atoms with van der Waals surface area (Å²) in [7, 11) is 0. The lowest BCUT2D eigenvalue weighted by Gasteiger charge is -2.44. The Hall–Kier alpha value is -3.28. The molecule has 11 heteroatoms. The van der Waals surface area contributed by atoms with E-state index < -0.39 is 23.3 Å². The SMILES string of the molecule is CC1N=CC(NC(=O)c2cccc(C(F)(F)F)c2)(N2CCOCC2)C=C1c1ccc(OC2CCOCC2)nc1. The van der Waals surface area contributed by atoms with Crippen LogP contribution in [0.15, 0.2) is 53.7 Å². The van der Waals surface area contributed by atoms with E-state index in [1.807, 2.05) is 30.0 Å². The highest BCUT2D eigenvalue weighted by molar-refractivity contribution is 5.98. The summed E-state index contributed by atoms with van der Waals surface area (Å²) < 4.78 is 56.8. The van der Waals surface area contributed by atoms with E-state index >= 15 is 0 Å². The molecule has 3 aliphatic rings. The van der Waals surface area contributed by atoms with Crippen LogP contribution in [0.5, 0.6) is 5.88 Å². The Morgan fingerprint density at radius 3 is 2.54 bits per heavy atom. The van der Waals surface area contributed by atoms with E-state index in [1.165, 1.54) is 12.1 Å². The van der Waals surface area contributed by atoms with Crippen molar-refractivity contribution in [1.29, 1.82) is 0 Å². The number of pyridine rings is 1. The summed E-state index contributed by atoms with van der Waals surface area (Å²) in [6.07, 6.45) is 2.43. The molecule has 39 heavy (non-hydrogen) atoms. The molecule has 1 amide bonds. The van der Waals surface area contributed by atoms with E-state index in [2.05, 4.69) is 10.3 Å². The van der Waals surface area contributed by atoms with Gasteiger partial charge in [-0.05, 0) is 48.4 Å². The van der Waals surface area contributed by atoms with Crippen molar-refractivity contribution in [1.82, 2.24) is 15.2 Å². The first-order valence-corrected chi connectivity index (χ1v) is 13.0. The molecule has 2 fully saturated rings. The molecule has 4 heterocycles. The van der Waals surface area contributed by atoms with Gasteiger partial charge in [0.25, 0.3) is 5.91 Å². The smallest absolute Gasteiger partial charge is 0.416 e. The molecular formula is C28H31F3N4O4. The second kappa shape index (κ2) is 11.4. The number of morpholine rings is 1. The molecule has 5 rings (SSSR count). The molecule has 0 bridgehead atoms. The third-order valence-corrected chi connectivity index (χ3v) is 7.15. The standard InChI is InChI=1S/C28H31F3N4O4/c1-19-24(21-5-6-25(32-17-21)39-23-7-11-37-12-8-23)16-27(18-33-19,35-9-13-38-14-10-35)34-26(36)20-3-2-4-22(15-20)28(29,30)31/h2-6,15-19,23H,7-14H2,1H3,(H,34,36). The molecule has 2 saturated heterocycles. The zero-order valence-corrected chi connectivity index (χ0v) is 21.6. The molecule has 0 spiro atoms. The minimum atomic E-state index is -4.55. The van der Waals surface area contributed by atoms with Gasteiger partial charge in [0.2, 0.25) is 5.88 Å². The number of hydrogen-bond acceptors (Lipinski definition) is 7. The first kappa shape index (κ1) is 27.3. The summed E-state index contributed by atoms with van der Waals surface area (Å²) in [5.74, 6) is -0.113. The second-order valence-electron chi connectivity index (χ2n) is 9.83. The number of carbonyl (C=O) groups excluding carboxylic acids is 1. The summed E-state index contributed by atoms with van der Waals surface area (Å²) >= 11 is 0. The van der Waals surface area contributed by atoms with E-state index in [-0.39, 0.29) is 17.7 Å². The van der Waals surface area contributed by atoms with Crippen LogP contribution in [-0.2, 0) is 15.7 Å². The molecule has 208 valence electrons. The predicted molar refractivity (Wildman–Crippen MR) is 139 cm³/mol. The lowest BCUT2D eigenvalue weighted by Crippen LogP contribution is -2.64. The Kier molecular flexibility index (Phi) is 8.01. The van der Waals surface area contributed by atoms with Crippen molar-refractivity contribution in [3.05, 3.63) is 65.4 Å². The fourth-order valence-electron chi connectivity index (χ4n) is 4.96. The molecule has 1 N–H and O–H groups in total. The number of carbonyl (C=O) groups is 1. The first-order chi connectivity index (χ1) is 18.7. The summed E-state index contributed by atoms with van der Waals surface area (Å²) in [6, 6.07) is 7.89. The van der Waals surface area contributed by atoms with Gasteiger partial charge in [-0.2, -0.15) is 13.2 Å². The highest BCUT2D eigenvalue weighted by atomic mass is 19.4. The van der Waals surface area contributed by atoms with Crippen LogP contribution in [0.25, 0.3) is 5.57 Å². The largest absolute Gasteiger partial charge is 0.474 e. The number of halogens is 3. The van der Waals surface area contributed by atoms with Gasteiger partial charge in [-0.15, -0.1) is 0 Å². The monoisotopic (exact) mass is 544 g/mol. The molecule has 0 saturated carbocycles. The van der Waals surface area contributed by atoms with Gasteiger partial charge in [0, 0.05) is 50.0 Å². The molecule has 0 radical (unpaired) electrons. The number of aliphatic imine (C=N–C) groups is 1. The topological polar surface area (TPSA) is 85.3 Å². The maximum absolute atomic E-state index is 13.3. The van der Waals surface area contributed by atoms with Crippen molar-refractivity contribution in [2.75, 3.05) is 39.5 Å². The van der Waals surface area contributed by atoms with Gasteiger partial charge in [0.1, 0.15) is 11.8 Å². The highest BCUT2D eigenvalue weighted by Gasteiger charge is 2.40. The van der Waals surface area contributed by atoms with Crippen LogP contribution in [0.2, 0.25) is 0 Å². The molecule has 2 aromatic rings. The van der Waals surface area contributed by atoms with E-state index in [0.717, 1.165) is 36.1 Å². The average molecular weight is 545 g/mol. The van der Waals surface area contributed by atoms with E-state index in [1.54, 1.807) is 12.4 Å². The molecule has 0 aliphatic carbocycles. The number of nitrogens with one attached hydrogen (secondary N) is 1. The molecule has 1 aromatic heterocycles. The molecule has 1 aromatic carbocycles. The maximum Gasteiger partial charge on any atom is 0.416 e. The van der Waals surface area contributed by atoms with E-state index in [4.69, 9.17) is 19.2 Å². The average Bonchev–Trinajstić information content (AvgIpc) is 2.95. The van der Waals surface area contributed by atoms with Crippen molar-refractivity contribution in [3.8, 4) is 5.88 Å². The first-order valence-electron chi connectivity index (χ1n) is 13.0. The molecular weight excluding hydrogens is 513 g/mol. The Bertz CT molecular complexity index is 1220. The van der Waals surface area contributed by atoms with Crippen molar-refractivity contribution in [2.24, 2.45) is 4.99 Å². The maximum atomic E-state index is 13.3. The number of dihydropyridines is 1. The summed E-state index contributed by atoms with van der Waals surface area (Å²) in [5.41, 5.74) is -0.487. The molecule has 2 unspecified atom stereocenters. The molecule has 2 atom stereocenters. The fraction of sp³-hybridized carbons (Fsp3) is 0.464. The molecule has 3 aliphatic heterocycles. The van der Waals surface area contributed by atoms with Gasteiger partial charge in [-0.3, -0.25) is 14.7 Å². The Balaban J connectivity index is 1.43. The fourth-order valence-corrected chi connectivity index (χ4v) is 4.96. The minimum Gasteiger partial charge on any atom is -0.474 e. The van der Waals surface area contributed by atoms with E-state index in [0.29, 0.717) is 45.4 Å². The number of hydrogen-bond donors (Lipinski definition) is 1. The lowest BCUT2D eigenvalue weighted by atomic mass is 9.92. The number of rotatable bonds is 6. The van der Waals surface area contributed by atoms with Crippen molar-refractivity contribution >= 4 is 17.7 Å². The summed E-state index contributed by atoms with van der Waals surface area (Å²) in [6.45, 7) is 5.18. The Morgan fingerprint density at radius 2 is 1.85 bits per heavy atom. The minimum absolute atomic E-state index is 0.0644. The Morgan fingerprint density at radius 1 is 1.10 bits per heavy atom. The van der Waals surface area contributed by atoms with Crippen molar-refractivity contribution in [3.63, 3.8) is 0 Å². The van der Waals surface area contributed by atoms with Crippen LogP contribution in [0.1, 0.15) is 41.3 Å². The number of ether oxygens (including phenoxy) is 3. The number of benzene rings is 1. The van der Waals surface area contributed by atoms with Gasteiger partial charge in [-0.25, -0.2) is 4.98 Å². The van der Waals surface area contributed by atoms with Crippen LogP contribution in [-0.4, -0.2) is 79.3 Å². The number of nitrogens with zero attached hydrogens (tertiary/aromatic N) is 3. The second-order valence-corrected chi connectivity index (χ2v) is 9.83. The van der Waals surface area contributed by atoms with Gasteiger partial charge in [0.15, 0.2) is 0 Å². The number of alkyl halides is 3. The predicted octanol–water partition coefficient (Wildman–Crippen LogP) is 3.97. The Labute approximate surface area is 224 Å². The van der Waals surface area contributed by atoms with Gasteiger partial charge < -0.3 is 19.5 Å². The van der Waals surface area contributed by atoms with E-state index in [9.17, 15) is 18.0 Å². The van der Waals surface area contributed by atoms with Gasteiger partial charge >= 0.3 is 6.18 Å². The van der Waals surface area contributed by atoms with Crippen LogP contribution in [0, 0.1) is 0 Å².